The van der Waals surface area contributed by atoms with Gasteiger partial charge < -0.3 is 10.6 Å². The first kappa shape index (κ1) is 9.77. The van der Waals surface area contributed by atoms with Gasteiger partial charge in [-0.3, -0.25) is 0 Å². The third-order valence-corrected chi connectivity index (χ3v) is 3.57. The first-order valence-electron chi connectivity index (χ1n) is 5.03. The predicted molar refractivity (Wildman–Crippen MR) is 61.8 cm³/mol. The van der Waals surface area contributed by atoms with Crippen LogP contribution < -0.4 is 10.6 Å². The van der Waals surface area contributed by atoms with E-state index in [4.69, 9.17) is 5.73 Å². The van der Waals surface area contributed by atoms with Crippen molar-refractivity contribution in [3.63, 3.8) is 0 Å². The molecule has 1 aromatic heterocycles. The summed E-state index contributed by atoms with van der Waals surface area (Å²) in [5.41, 5.74) is 6.10. The monoisotopic (exact) mass is 211 g/mol. The molecule has 2 rings (SSSR count). The van der Waals surface area contributed by atoms with Crippen LogP contribution in [0.25, 0.3) is 0 Å². The van der Waals surface area contributed by atoms with Gasteiger partial charge in [-0.15, -0.1) is 0 Å². The number of hydrogen-bond donors (Lipinski definition) is 1. The van der Waals surface area contributed by atoms with Gasteiger partial charge in [-0.25, -0.2) is 4.98 Å². The van der Waals surface area contributed by atoms with Crippen molar-refractivity contribution >= 4 is 21.5 Å². The Bertz CT molecular complexity index is 319. The number of aromatic nitrogens is 1. The molecule has 0 spiro atoms. The van der Waals surface area contributed by atoms with Crippen LogP contribution in [-0.4, -0.2) is 18.1 Å². The number of thiazole rings is 1. The summed E-state index contributed by atoms with van der Waals surface area (Å²) in [5.74, 6) is 0. The standard InChI is InChI=1S/C10H17N3S/c1-10(2)4-3-5-13(7-10)9-12-6-8(11)14-9/h6H,3-5,7,11H2,1-2H3. The Hall–Kier alpha value is -0.770. The van der Waals surface area contributed by atoms with E-state index in [-0.39, 0.29) is 0 Å². The van der Waals surface area contributed by atoms with E-state index >= 15 is 0 Å². The van der Waals surface area contributed by atoms with Crippen molar-refractivity contribution in [3.05, 3.63) is 6.20 Å². The van der Waals surface area contributed by atoms with Gasteiger partial charge in [0.2, 0.25) is 0 Å². The van der Waals surface area contributed by atoms with Crippen molar-refractivity contribution in [1.82, 2.24) is 4.98 Å². The Balaban J connectivity index is 2.12. The molecule has 1 saturated heterocycles. The van der Waals surface area contributed by atoms with Crippen LogP contribution in [-0.2, 0) is 0 Å². The summed E-state index contributed by atoms with van der Waals surface area (Å²) in [6, 6.07) is 0. The second-order valence-corrected chi connectivity index (χ2v) is 5.78. The van der Waals surface area contributed by atoms with Crippen LogP contribution in [0.1, 0.15) is 26.7 Å². The van der Waals surface area contributed by atoms with Gasteiger partial charge >= 0.3 is 0 Å². The van der Waals surface area contributed by atoms with E-state index in [1.165, 1.54) is 12.8 Å². The molecule has 0 radical (unpaired) electrons. The summed E-state index contributed by atoms with van der Waals surface area (Å²) in [7, 11) is 0. The highest BCUT2D eigenvalue weighted by atomic mass is 32.1. The molecule has 1 aliphatic rings. The fraction of sp³-hybridized carbons (Fsp3) is 0.700. The summed E-state index contributed by atoms with van der Waals surface area (Å²) >= 11 is 1.59. The zero-order chi connectivity index (χ0) is 10.2. The SMILES string of the molecule is CC1(C)CCCN(c2ncc(N)s2)C1. The first-order valence-corrected chi connectivity index (χ1v) is 5.85. The predicted octanol–water partition coefficient (Wildman–Crippen LogP) is 2.35. The number of nitrogens with two attached hydrogens (primary N) is 1. The van der Waals surface area contributed by atoms with Gasteiger partial charge in [-0.1, -0.05) is 25.2 Å². The van der Waals surface area contributed by atoms with Crippen molar-refractivity contribution in [1.29, 1.82) is 0 Å². The third-order valence-electron chi connectivity index (χ3n) is 2.68. The molecule has 1 aromatic rings. The smallest absolute Gasteiger partial charge is 0.187 e. The van der Waals surface area contributed by atoms with Crippen LogP contribution >= 0.6 is 11.3 Å². The van der Waals surface area contributed by atoms with Crippen molar-refractivity contribution in [3.8, 4) is 0 Å². The molecule has 0 unspecified atom stereocenters. The number of nitrogens with zero attached hydrogens (tertiary/aromatic N) is 2. The Morgan fingerprint density at radius 2 is 2.36 bits per heavy atom. The highest BCUT2D eigenvalue weighted by Gasteiger charge is 2.27. The number of nitrogen functional groups attached to an aromatic ring is 1. The quantitative estimate of drug-likeness (QED) is 0.775. The second kappa shape index (κ2) is 3.42. The van der Waals surface area contributed by atoms with Crippen LogP contribution in [0.15, 0.2) is 6.20 Å². The molecule has 0 saturated carbocycles. The van der Waals surface area contributed by atoms with Crippen LogP contribution in [0.2, 0.25) is 0 Å². The highest BCUT2D eigenvalue weighted by Crippen LogP contribution is 2.33. The van der Waals surface area contributed by atoms with Gasteiger partial charge in [0.05, 0.1) is 6.20 Å². The molecule has 1 fully saturated rings. The summed E-state index contributed by atoms with van der Waals surface area (Å²) in [4.78, 5) is 6.68. The molecule has 1 aliphatic heterocycles. The van der Waals surface area contributed by atoms with Crippen LogP contribution in [0.5, 0.6) is 0 Å². The van der Waals surface area contributed by atoms with E-state index in [0.717, 1.165) is 23.2 Å². The van der Waals surface area contributed by atoms with Crippen LogP contribution in [0, 0.1) is 5.41 Å². The van der Waals surface area contributed by atoms with E-state index < -0.39 is 0 Å². The summed E-state index contributed by atoms with van der Waals surface area (Å²) in [6.07, 6.45) is 4.32. The van der Waals surface area contributed by atoms with E-state index in [1.54, 1.807) is 17.5 Å². The molecule has 3 nitrogen and oxygen atoms in total. The fourth-order valence-corrected chi connectivity index (χ4v) is 2.72. The third kappa shape index (κ3) is 2.00. The van der Waals surface area contributed by atoms with Crippen LogP contribution in [0.4, 0.5) is 10.1 Å². The maximum absolute atomic E-state index is 5.68. The Morgan fingerprint density at radius 3 is 2.93 bits per heavy atom. The second-order valence-electron chi connectivity index (χ2n) is 4.73. The van der Waals surface area contributed by atoms with E-state index in [9.17, 15) is 0 Å². The summed E-state index contributed by atoms with van der Waals surface area (Å²) < 4.78 is 0. The zero-order valence-corrected chi connectivity index (χ0v) is 9.60. The number of piperidine rings is 1. The first-order chi connectivity index (χ1) is 6.57. The average molecular weight is 211 g/mol. The lowest BCUT2D eigenvalue weighted by molar-refractivity contribution is 0.293. The van der Waals surface area contributed by atoms with E-state index in [2.05, 4.69) is 23.7 Å². The van der Waals surface area contributed by atoms with Crippen molar-refractivity contribution in [2.24, 2.45) is 5.41 Å². The molecule has 78 valence electrons. The molecule has 0 bridgehead atoms. The molecule has 2 N–H and O–H groups in total. The molecule has 0 aliphatic carbocycles. The summed E-state index contributed by atoms with van der Waals surface area (Å²) in [6.45, 7) is 6.85. The maximum atomic E-state index is 5.68. The van der Waals surface area contributed by atoms with Gasteiger partial charge in [0.25, 0.3) is 0 Å². The number of rotatable bonds is 1. The normalized spacial score (nSPS) is 21.1. The minimum absolute atomic E-state index is 0.415. The van der Waals surface area contributed by atoms with Gasteiger partial charge in [0, 0.05) is 13.1 Å². The van der Waals surface area contributed by atoms with Gasteiger partial charge in [-0.2, -0.15) is 0 Å². The van der Waals surface area contributed by atoms with Gasteiger partial charge in [0.1, 0.15) is 5.00 Å². The molecule has 0 aromatic carbocycles. The molecule has 2 heterocycles. The molecule has 0 amide bonds. The topological polar surface area (TPSA) is 42.2 Å². The minimum atomic E-state index is 0.415. The molecular weight excluding hydrogens is 194 g/mol. The number of anilines is 2. The summed E-state index contributed by atoms with van der Waals surface area (Å²) in [5, 5.41) is 1.89. The lowest BCUT2D eigenvalue weighted by Crippen LogP contribution is -2.39. The Morgan fingerprint density at radius 1 is 1.57 bits per heavy atom. The molecule has 14 heavy (non-hydrogen) atoms. The average Bonchev–Trinajstić information content (AvgIpc) is 2.50. The lowest BCUT2D eigenvalue weighted by atomic mass is 9.84. The van der Waals surface area contributed by atoms with Crippen LogP contribution in [0.3, 0.4) is 0 Å². The van der Waals surface area contributed by atoms with Crippen molar-refractivity contribution in [2.75, 3.05) is 23.7 Å². The fourth-order valence-electron chi connectivity index (χ4n) is 2.01. The van der Waals surface area contributed by atoms with E-state index in [0.29, 0.717) is 5.41 Å². The Kier molecular flexibility index (Phi) is 2.39. The minimum Gasteiger partial charge on any atom is -0.389 e. The maximum Gasteiger partial charge on any atom is 0.187 e. The highest BCUT2D eigenvalue weighted by molar-refractivity contribution is 7.19. The van der Waals surface area contributed by atoms with E-state index in [1.807, 2.05) is 0 Å². The van der Waals surface area contributed by atoms with Gasteiger partial charge in [0.15, 0.2) is 5.13 Å². The Labute approximate surface area is 88.9 Å². The molecule has 0 atom stereocenters. The van der Waals surface area contributed by atoms with Gasteiger partial charge in [-0.05, 0) is 18.3 Å². The van der Waals surface area contributed by atoms with Crippen molar-refractivity contribution < 1.29 is 0 Å². The largest absolute Gasteiger partial charge is 0.389 e. The number of hydrogen-bond acceptors (Lipinski definition) is 4. The van der Waals surface area contributed by atoms with Crippen molar-refractivity contribution in [2.45, 2.75) is 26.7 Å². The lowest BCUT2D eigenvalue weighted by Gasteiger charge is -2.37. The molecule has 4 heteroatoms. The molecular formula is C10H17N3S. The zero-order valence-electron chi connectivity index (χ0n) is 8.79.